The van der Waals surface area contributed by atoms with Gasteiger partial charge in [-0.3, -0.25) is 4.79 Å². The number of ether oxygens (including phenoxy) is 3. The summed E-state index contributed by atoms with van der Waals surface area (Å²) >= 11 is 3.19. The van der Waals surface area contributed by atoms with Gasteiger partial charge in [-0.2, -0.15) is 0 Å². The minimum Gasteiger partial charge on any atom is -0.462 e. The molecule has 0 bridgehead atoms. The molecule has 0 fully saturated rings. The largest absolute Gasteiger partial charge is 0.462 e. The van der Waals surface area contributed by atoms with Crippen molar-refractivity contribution in [3.8, 4) is 0 Å². The van der Waals surface area contributed by atoms with E-state index in [1.54, 1.807) is 20.8 Å². The first kappa shape index (κ1) is 17.1. The molecule has 5 nitrogen and oxygen atoms in total. The molecule has 0 radical (unpaired) electrons. The number of esters is 2. The summed E-state index contributed by atoms with van der Waals surface area (Å²) in [5.41, 5.74) is 0.350. The molecule has 0 saturated carbocycles. The summed E-state index contributed by atoms with van der Waals surface area (Å²) in [6.07, 6.45) is 0. The molecule has 0 aliphatic carbocycles. The van der Waals surface area contributed by atoms with E-state index in [1.807, 2.05) is 0 Å². The third kappa shape index (κ3) is 8.25. The van der Waals surface area contributed by atoms with Crippen molar-refractivity contribution in [3.05, 3.63) is 12.2 Å². The Kier molecular flexibility index (Phi) is 7.86. The molecule has 104 valence electrons. The minimum atomic E-state index is -0.690. The van der Waals surface area contributed by atoms with Gasteiger partial charge in [0, 0.05) is 5.57 Å². The Morgan fingerprint density at radius 2 is 1.61 bits per heavy atom. The van der Waals surface area contributed by atoms with Gasteiger partial charge in [0.25, 0.3) is 0 Å². The van der Waals surface area contributed by atoms with Crippen LogP contribution in [0.2, 0.25) is 0 Å². The van der Waals surface area contributed by atoms with Crippen LogP contribution in [-0.4, -0.2) is 42.7 Å². The molecule has 0 amide bonds. The Morgan fingerprint density at radius 3 is 2.06 bits per heavy atom. The molecule has 0 aliphatic heterocycles. The molecular weight excluding hydrogens is 304 g/mol. The molecule has 0 heterocycles. The van der Waals surface area contributed by atoms with Crippen molar-refractivity contribution in [2.24, 2.45) is 0 Å². The van der Waals surface area contributed by atoms with Crippen molar-refractivity contribution in [2.45, 2.75) is 25.1 Å². The number of halogens is 1. The van der Waals surface area contributed by atoms with Gasteiger partial charge in [-0.05, 0) is 20.8 Å². The van der Waals surface area contributed by atoms with Crippen molar-refractivity contribution >= 4 is 27.9 Å². The predicted molar refractivity (Wildman–Crippen MR) is 70.6 cm³/mol. The molecule has 6 heteroatoms. The monoisotopic (exact) mass is 322 g/mol. The first-order chi connectivity index (χ1) is 8.25. The van der Waals surface area contributed by atoms with E-state index >= 15 is 0 Å². The number of carbonyl (C=O) groups excluding carboxylic acids is 2. The van der Waals surface area contributed by atoms with Crippen LogP contribution < -0.4 is 0 Å². The molecule has 0 atom stereocenters. The van der Waals surface area contributed by atoms with E-state index in [2.05, 4.69) is 22.5 Å². The highest BCUT2D eigenvalue weighted by Crippen LogP contribution is 2.17. The molecule has 0 aliphatic rings. The lowest BCUT2D eigenvalue weighted by atomic mass is 10.2. The van der Waals surface area contributed by atoms with E-state index in [-0.39, 0.29) is 32.4 Å². The van der Waals surface area contributed by atoms with Crippen LogP contribution in [0.15, 0.2) is 12.2 Å². The second-order valence-electron chi connectivity index (χ2n) is 4.14. The average Bonchev–Trinajstić information content (AvgIpc) is 2.25. The van der Waals surface area contributed by atoms with E-state index in [9.17, 15) is 9.59 Å². The van der Waals surface area contributed by atoms with Crippen LogP contribution in [0, 0.1) is 0 Å². The van der Waals surface area contributed by atoms with E-state index < -0.39 is 10.3 Å². The van der Waals surface area contributed by atoms with Crippen LogP contribution in [0.3, 0.4) is 0 Å². The molecule has 0 N–H and O–H groups in total. The van der Waals surface area contributed by atoms with E-state index in [1.165, 1.54) is 0 Å². The highest BCUT2D eigenvalue weighted by atomic mass is 79.9. The third-order valence-electron chi connectivity index (χ3n) is 1.76. The molecular formula is C12H19BrO5. The average molecular weight is 323 g/mol. The smallest absolute Gasteiger partial charge is 0.333 e. The lowest BCUT2D eigenvalue weighted by Crippen LogP contribution is -2.28. The summed E-state index contributed by atoms with van der Waals surface area (Å²) in [4.78, 5) is 22.3. The summed E-state index contributed by atoms with van der Waals surface area (Å²) < 4.78 is 14.2. The van der Waals surface area contributed by atoms with Crippen LogP contribution in [0.5, 0.6) is 0 Å². The topological polar surface area (TPSA) is 61.8 Å². The van der Waals surface area contributed by atoms with Crippen molar-refractivity contribution < 1.29 is 23.8 Å². The Bertz CT molecular complexity index is 306. The van der Waals surface area contributed by atoms with Crippen LogP contribution >= 0.6 is 15.9 Å². The zero-order valence-electron chi connectivity index (χ0n) is 11.0. The molecule has 0 aromatic heterocycles. The second kappa shape index (κ2) is 8.26. The highest BCUT2D eigenvalue weighted by Gasteiger charge is 2.25. The second-order valence-corrected chi connectivity index (χ2v) is 6.12. The van der Waals surface area contributed by atoms with Gasteiger partial charge < -0.3 is 14.2 Å². The molecule has 0 spiro atoms. The standard InChI is InChI=1S/C12H19BrO5/c1-9(2)10(14)17-7-5-16-6-8-18-11(15)12(3,4)13/h1,5-8H2,2-4H3. The predicted octanol–water partition coefficient (Wildman–Crippen LogP) is 1.84. The number of rotatable bonds is 8. The van der Waals surface area contributed by atoms with E-state index in [0.29, 0.717) is 5.57 Å². The van der Waals surface area contributed by atoms with Crippen LogP contribution in [0.1, 0.15) is 20.8 Å². The van der Waals surface area contributed by atoms with E-state index in [4.69, 9.17) is 14.2 Å². The Balaban J connectivity index is 3.45. The minimum absolute atomic E-state index is 0.156. The van der Waals surface area contributed by atoms with Gasteiger partial charge in [0.15, 0.2) is 0 Å². The number of alkyl halides is 1. The summed E-state index contributed by atoms with van der Waals surface area (Å²) in [6, 6.07) is 0. The van der Waals surface area contributed by atoms with Crippen LogP contribution in [0.4, 0.5) is 0 Å². The molecule has 0 rings (SSSR count). The number of hydrogen-bond acceptors (Lipinski definition) is 5. The lowest BCUT2D eigenvalue weighted by molar-refractivity contribution is -0.147. The SMILES string of the molecule is C=C(C)C(=O)OCCOCCOC(=O)C(C)(C)Br. The molecule has 0 saturated heterocycles. The fraction of sp³-hybridized carbons (Fsp3) is 0.667. The van der Waals surface area contributed by atoms with Crippen molar-refractivity contribution in [3.63, 3.8) is 0 Å². The van der Waals surface area contributed by atoms with Gasteiger partial charge in [-0.1, -0.05) is 22.5 Å². The first-order valence-electron chi connectivity index (χ1n) is 5.51. The summed E-state index contributed by atoms with van der Waals surface area (Å²) in [5, 5.41) is 0. The first-order valence-corrected chi connectivity index (χ1v) is 6.31. The maximum absolute atomic E-state index is 11.3. The molecule has 0 aromatic carbocycles. The summed E-state index contributed by atoms with van der Waals surface area (Å²) in [7, 11) is 0. The van der Waals surface area contributed by atoms with Gasteiger partial charge in [-0.15, -0.1) is 0 Å². The van der Waals surface area contributed by atoms with Gasteiger partial charge in [0.05, 0.1) is 13.2 Å². The maximum atomic E-state index is 11.3. The van der Waals surface area contributed by atoms with Gasteiger partial charge >= 0.3 is 11.9 Å². The van der Waals surface area contributed by atoms with Crippen molar-refractivity contribution in [1.29, 1.82) is 0 Å². The summed E-state index contributed by atoms with van der Waals surface area (Å²) in [6.45, 7) is 9.27. The Hall–Kier alpha value is -0.880. The van der Waals surface area contributed by atoms with Crippen LogP contribution in [-0.2, 0) is 23.8 Å². The molecule has 18 heavy (non-hydrogen) atoms. The number of hydrogen-bond donors (Lipinski definition) is 0. The van der Waals surface area contributed by atoms with Crippen molar-refractivity contribution in [2.75, 3.05) is 26.4 Å². The van der Waals surface area contributed by atoms with Gasteiger partial charge in [0.2, 0.25) is 0 Å². The third-order valence-corrected chi connectivity index (χ3v) is 2.08. The van der Waals surface area contributed by atoms with Gasteiger partial charge in [-0.25, -0.2) is 4.79 Å². The highest BCUT2D eigenvalue weighted by molar-refractivity contribution is 9.10. The molecule has 0 aromatic rings. The summed E-state index contributed by atoms with van der Waals surface area (Å²) in [5.74, 6) is -0.786. The van der Waals surface area contributed by atoms with Crippen LogP contribution in [0.25, 0.3) is 0 Å². The van der Waals surface area contributed by atoms with Gasteiger partial charge in [0.1, 0.15) is 17.5 Å². The maximum Gasteiger partial charge on any atom is 0.333 e. The number of carbonyl (C=O) groups is 2. The molecule has 0 unspecified atom stereocenters. The Morgan fingerprint density at radius 1 is 1.11 bits per heavy atom. The quantitative estimate of drug-likeness (QED) is 0.295. The zero-order valence-corrected chi connectivity index (χ0v) is 12.5. The van der Waals surface area contributed by atoms with Crippen molar-refractivity contribution in [1.82, 2.24) is 0 Å². The fourth-order valence-corrected chi connectivity index (χ4v) is 0.898. The lowest BCUT2D eigenvalue weighted by Gasteiger charge is -2.14. The zero-order chi connectivity index (χ0) is 14.2. The van der Waals surface area contributed by atoms with E-state index in [0.717, 1.165) is 0 Å². The normalized spacial score (nSPS) is 10.9. The Labute approximate surface area is 116 Å². The fourth-order valence-electron chi connectivity index (χ4n) is 0.783.